The van der Waals surface area contributed by atoms with Crippen LogP contribution < -0.4 is 10.1 Å². The summed E-state index contributed by atoms with van der Waals surface area (Å²) in [6.45, 7) is 1.65. The number of esters is 1. The number of likely N-dealkylation sites (tertiary alicyclic amines) is 1. The number of hydrogen-bond donors (Lipinski definition) is 4. The summed E-state index contributed by atoms with van der Waals surface area (Å²) in [6, 6.07) is 3.25. The number of phenolic OH excluding ortho intramolecular Hbond substituents is 1. The molecular formula is C27H34N2O7. The van der Waals surface area contributed by atoms with Crippen LogP contribution in [0.15, 0.2) is 23.5 Å². The number of nitrogens with one attached hydrogen (secondary N) is 1. The second-order valence-electron chi connectivity index (χ2n) is 11.3. The lowest BCUT2D eigenvalue weighted by Crippen LogP contribution is -2.76. The number of aliphatic hydroxyl groups excluding tert-OH is 1. The molecule has 4 N–H and O–H groups in total. The Kier molecular flexibility index (Phi) is 4.84. The average molecular weight is 499 g/mol. The fourth-order valence-corrected chi connectivity index (χ4v) is 7.36. The Bertz CT molecular complexity index is 1200. The molecule has 9 nitrogen and oxygen atoms in total. The van der Waals surface area contributed by atoms with Gasteiger partial charge in [-0.1, -0.05) is 13.5 Å². The number of carbonyl (C=O) groups is 2. The standard InChI is InChI=1S/C26H30N2O7.CH4/c1-34-23(32)24(6-7-24)27-22(31)15-11-26(33)17-10-14-4-5-16(29)20-18(14)25(26,21(35-20)19(15)30)8-9-28(17)12-13-2-3-13;/h4-5,13,17,21,29-30,33H,2-3,6-12H2,1H3,(H,27,31);1H4/t17-,21+,25+,26-;/m1./s1. The van der Waals surface area contributed by atoms with E-state index in [-0.39, 0.29) is 37.0 Å². The Labute approximate surface area is 210 Å². The highest BCUT2D eigenvalue weighted by Gasteiger charge is 2.73. The van der Waals surface area contributed by atoms with Crippen LogP contribution in [0.2, 0.25) is 0 Å². The highest BCUT2D eigenvalue weighted by atomic mass is 16.5. The van der Waals surface area contributed by atoms with E-state index < -0.39 is 34.5 Å². The molecule has 4 atom stereocenters. The van der Waals surface area contributed by atoms with Gasteiger partial charge in [-0.3, -0.25) is 9.69 Å². The zero-order valence-corrected chi connectivity index (χ0v) is 19.7. The molecular weight excluding hydrogens is 464 g/mol. The lowest BCUT2D eigenvalue weighted by Gasteiger charge is -2.62. The molecule has 9 heteroatoms. The number of rotatable bonds is 5. The summed E-state index contributed by atoms with van der Waals surface area (Å²) < 4.78 is 11.1. The summed E-state index contributed by atoms with van der Waals surface area (Å²) in [5.41, 5.74) is -1.59. The van der Waals surface area contributed by atoms with Crippen LogP contribution in [0.3, 0.4) is 0 Å². The number of ether oxygens (including phenoxy) is 2. The van der Waals surface area contributed by atoms with Crippen molar-refractivity contribution in [3.8, 4) is 11.5 Å². The van der Waals surface area contributed by atoms with Crippen molar-refractivity contribution in [2.45, 2.75) is 81.1 Å². The van der Waals surface area contributed by atoms with Crippen LogP contribution in [0.25, 0.3) is 0 Å². The number of phenols is 1. The highest BCUT2D eigenvalue weighted by molar-refractivity contribution is 5.99. The second kappa shape index (κ2) is 7.38. The summed E-state index contributed by atoms with van der Waals surface area (Å²) in [5, 5.41) is 37.4. The number of aliphatic hydroxyl groups is 2. The van der Waals surface area contributed by atoms with Crippen LogP contribution in [0.1, 0.15) is 57.1 Å². The van der Waals surface area contributed by atoms with Gasteiger partial charge in [0.05, 0.1) is 23.7 Å². The van der Waals surface area contributed by atoms with Crippen molar-refractivity contribution in [2.24, 2.45) is 5.92 Å². The number of piperidine rings is 1. The average Bonchev–Trinajstić information content (AvgIpc) is 3.76. The van der Waals surface area contributed by atoms with Crippen molar-refractivity contribution >= 4 is 11.9 Å². The van der Waals surface area contributed by atoms with Gasteiger partial charge in [0.25, 0.3) is 5.91 Å². The smallest absolute Gasteiger partial charge is 0.331 e. The Morgan fingerprint density at radius 3 is 2.64 bits per heavy atom. The first-order valence-corrected chi connectivity index (χ1v) is 12.6. The van der Waals surface area contributed by atoms with Crippen LogP contribution in [-0.4, -0.2) is 75.6 Å². The molecule has 2 saturated carbocycles. The monoisotopic (exact) mass is 498 g/mol. The summed E-state index contributed by atoms with van der Waals surface area (Å²) in [6.07, 6.45) is 3.40. The third-order valence-electron chi connectivity index (χ3n) is 9.47. The minimum Gasteiger partial charge on any atom is -0.508 e. The van der Waals surface area contributed by atoms with Gasteiger partial charge in [0.1, 0.15) is 11.3 Å². The lowest BCUT2D eigenvalue weighted by molar-refractivity contribution is -0.172. The van der Waals surface area contributed by atoms with Gasteiger partial charge < -0.3 is 30.1 Å². The molecule has 7 rings (SSSR count). The first kappa shape index (κ1) is 23.6. The third-order valence-corrected chi connectivity index (χ3v) is 9.47. The second-order valence-corrected chi connectivity index (χ2v) is 11.3. The number of benzene rings is 1. The molecule has 194 valence electrons. The Balaban J connectivity index is 0.00000240. The van der Waals surface area contributed by atoms with Crippen molar-refractivity contribution in [3.63, 3.8) is 0 Å². The van der Waals surface area contributed by atoms with Gasteiger partial charge in [-0.25, -0.2) is 4.79 Å². The minimum atomic E-state index is -1.38. The molecule has 36 heavy (non-hydrogen) atoms. The molecule has 0 unspecified atom stereocenters. The molecule has 2 heterocycles. The van der Waals surface area contributed by atoms with E-state index in [1.807, 2.05) is 6.07 Å². The molecule has 0 aromatic heterocycles. The predicted molar refractivity (Wildman–Crippen MR) is 129 cm³/mol. The van der Waals surface area contributed by atoms with Gasteiger partial charge in [0.2, 0.25) is 0 Å². The van der Waals surface area contributed by atoms with Crippen LogP contribution in [-0.2, 0) is 26.2 Å². The van der Waals surface area contributed by atoms with E-state index in [2.05, 4.69) is 10.2 Å². The molecule has 0 radical (unpaired) electrons. The third kappa shape index (κ3) is 2.78. The van der Waals surface area contributed by atoms with E-state index in [0.29, 0.717) is 37.4 Å². The maximum atomic E-state index is 13.5. The predicted octanol–water partition coefficient (Wildman–Crippen LogP) is 1.84. The van der Waals surface area contributed by atoms with Gasteiger partial charge in [0, 0.05) is 24.6 Å². The topological polar surface area (TPSA) is 129 Å². The molecule has 1 aromatic carbocycles. The molecule has 3 fully saturated rings. The largest absolute Gasteiger partial charge is 0.508 e. The summed E-state index contributed by atoms with van der Waals surface area (Å²) in [4.78, 5) is 28.0. The first-order chi connectivity index (χ1) is 16.7. The molecule has 1 saturated heterocycles. The van der Waals surface area contributed by atoms with Crippen LogP contribution >= 0.6 is 0 Å². The Hall–Kier alpha value is -2.78. The van der Waals surface area contributed by atoms with Gasteiger partial charge in [-0.05, 0) is 62.6 Å². The molecule has 1 amide bonds. The maximum absolute atomic E-state index is 13.5. The number of amides is 1. The molecule has 6 aliphatic rings. The number of nitrogens with zero attached hydrogens (tertiary/aromatic N) is 1. The molecule has 2 bridgehead atoms. The fourth-order valence-electron chi connectivity index (χ4n) is 7.36. The number of hydrogen-bond acceptors (Lipinski definition) is 8. The Morgan fingerprint density at radius 2 is 1.97 bits per heavy atom. The van der Waals surface area contributed by atoms with Crippen molar-refractivity contribution < 1.29 is 34.4 Å². The first-order valence-electron chi connectivity index (χ1n) is 12.6. The van der Waals surface area contributed by atoms with Gasteiger partial charge >= 0.3 is 5.97 Å². The van der Waals surface area contributed by atoms with Crippen LogP contribution in [0.5, 0.6) is 11.5 Å². The molecule has 2 aliphatic heterocycles. The summed E-state index contributed by atoms with van der Waals surface area (Å²) in [7, 11) is 1.28. The van der Waals surface area contributed by atoms with Crippen molar-refractivity contribution in [2.75, 3.05) is 20.2 Å². The zero-order chi connectivity index (χ0) is 24.3. The minimum absolute atomic E-state index is 0. The van der Waals surface area contributed by atoms with Gasteiger partial charge in [0.15, 0.2) is 17.6 Å². The lowest BCUT2D eigenvalue weighted by atomic mass is 9.49. The van der Waals surface area contributed by atoms with E-state index in [1.165, 1.54) is 20.0 Å². The highest BCUT2D eigenvalue weighted by Crippen LogP contribution is 2.66. The van der Waals surface area contributed by atoms with E-state index in [1.54, 1.807) is 6.07 Å². The Morgan fingerprint density at radius 1 is 1.22 bits per heavy atom. The van der Waals surface area contributed by atoms with Crippen LogP contribution in [0.4, 0.5) is 0 Å². The van der Waals surface area contributed by atoms with E-state index in [0.717, 1.165) is 24.2 Å². The van der Waals surface area contributed by atoms with Crippen molar-refractivity contribution in [1.82, 2.24) is 10.2 Å². The molecule has 4 aliphatic carbocycles. The van der Waals surface area contributed by atoms with Gasteiger partial charge in [-0.15, -0.1) is 0 Å². The molecule has 1 aromatic rings. The fraction of sp³-hybridized carbons (Fsp3) is 0.630. The van der Waals surface area contributed by atoms with E-state index in [4.69, 9.17) is 9.47 Å². The SMILES string of the molecule is C.COC(=O)C1(NC(=O)C2=C(O)[C@@H]3Oc4c(O)ccc5c4[C@@]34CCN(CC3CC3)[C@H](C5)[C@]4(O)C2)CC1. The zero-order valence-electron chi connectivity index (χ0n) is 19.7. The quantitative estimate of drug-likeness (QED) is 0.453. The number of carbonyl (C=O) groups excluding carboxylic acids is 2. The van der Waals surface area contributed by atoms with E-state index >= 15 is 0 Å². The van der Waals surface area contributed by atoms with Crippen molar-refractivity contribution in [3.05, 3.63) is 34.6 Å². The maximum Gasteiger partial charge on any atom is 0.331 e. The van der Waals surface area contributed by atoms with Crippen LogP contribution in [0, 0.1) is 5.92 Å². The normalized spacial score (nSPS) is 34.7. The summed E-state index contributed by atoms with van der Waals surface area (Å²) in [5.74, 6) is -0.441. The molecule has 1 spiro atoms. The number of methoxy groups -OCH3 is 1. The number of aromatic hydroxyl groups is 1. The van der Waals surface area contributed by atoms with Gasteiger partial charge in [-0.2, -0.15) is 0 Å². The van der Waals surface area contributed by atoms with Crippen molar-refractivity contribution in [1.29, 1.82) is 0 Å². The summed E-state index contributed by atoms with van der Waals surface area (Å²) >= 11 is 0. The van der Waals surface area contributed by atoms with E-state index in [9.17, 15) is 24.9 Å².